The summed E-state index contributed by atoms with van der Waals surface area (Å²) in [5.74, 6) is -0.522. The zero-order valence-corrected chi connectivity index (χ0v) is 31.5. The largest absolute Gasteiger partial charge is 0.444 e. The fourth-order valence-corrected chi connectivity index (χ4v) is 5.06. The number of carbonyl (C=O) groups excluding carboxylic acids is 5. The zero-order chi connectivity index (χ0) is 38.0. The third-order valence-electron chi connectivity index (χ3n) is 6.76. The summed E-state index contributed by atoms with van der Waals surface area (Å²) in [7, 11) is 0. The number of rotatable bonds is 11. The van der Waals surface area contributed by atoms with Crippen LogP contribution in [0.4, 0.5) is 14.9 Å². The Hall–Kier alpha value is -4.33. The topological polar surface area (TPSA) is 143 Å². The van der Waals surface area contributed by atoms with Crippen molar-refractivity contribution in [2.75, 3.05) is 31.2 Å². The summed E-state index contributed by atoms with van der Waals surface area (Å²) in [5, 5.41) is 6.71. The number of ether oxygens (including phenoxy) is 1. The summed E-state index contributed by atoms with van der Waals surface area (Å²) < 4.78 is 23.8. The van der Waals surface area contributed by atoms with Crippen LogP contribution >= 0.6 is 35.2 Å². The summed E-state index contributed by atoms with van der Waals surface area (Å²) >= 11 is 12.4. The van der Waals surface area contributed by atoms with Crippen molar-refractivity contribution >= 4 is 71.0 Å². The summed E-state index contributed by atoms with van der Waals surface area (Å²) in [4.78, 5) is 58.3. The number of nitrogens with one attached hydrogen (secondary N) is 3. The smallest absolute Gasteiger partial charge is 0.407 e. The molecule has 51 heavy (non-hydrogen) atoms. The second-order valence-electron chi connectivity index (χ2n) is 11.8. The highest BCUT2D eigenvalue weighted by molar-refractivity contribution is 7.94. The van der Waals surface area contributed by atoms with Crippen LogP contribution in [0.25, 0.3) is 0 Å². The lowest BCUT2D eigenvalue weighted by Crippen LogP contribution is -2.36. The van der Waals surface area contributed by atoms with E-state index in [1.807, 2.05) is 69.2 Å². The van der Waals surface area contributed by atoms with Crippen molar-refractivity contribution in [1.29, 1.82) is 0 Å². The number of fused-ring (bicyclic) bond motifs is 1. The molecule has 0 spiro atoms. The number of alkyl carbamates (subject to hydrolysis) is 1. The summed E-state index contributed by atoms with van der Waals surface area (Å²) in [6.45, 7) is 9.00. The zero-order valence-electron chi connectivity index (χ0n) is 29.1. The lowest BCUT2D eigenvalue weighted by molar-refractivity contribution is -0.132. The standard InChI is InChI=1S/C20H21NO3S.C9H7Cl2FN2O2.C7H15NO2/c1-25-24-18-8-7-15-11-12-21(14-17(15)13-18)20(23)10-9-19(22)16-5-3-2-4-6-16;10-5-1-2-6(9(12)8(5)11)14-7(16)3-13-4-15;1-5-8-6(9)10-7(2,3)4/h2-8,13H,9-12,14H2,1H3;1-2,4H,3H2,(H,13,15)(H,14,16);5H2,1-4H3,(H,8,9). The van der Waals surface area contributed by atoms with Crippen molar-refractivity contribution in [2.24, 2.45) is 0 Å². The Morgan fingerprint density at radius 2 is 1.71 bits per heavy atom. The predicted octanol–water partition coefficient (Wildman–Crippen LogP) is 7.24. The van der Waals surface area contributed by atoms with E-state index in [-0.39, 0.29) is 58.5 Å². The second kappa shape index (κ2) is 21.8. The van der Waals surface area contributed by atoms with Crippen LogP contribution in [-0.4, -0.2) is 66.5 Å². The Balaban J connectivity index is 0.000000297. The maximum absolute atomic E-state index is 13.4. The average Bonchev–Trinajstić information content (AvgIpc) is 3.10. The van der Waals surface area contributed by atoms with Crippen LogP contribution in [0.1, 0.15) is 62.0 Å². The van der Waals surface area contributed by atoms with E-state index in [1.54, 1.807) is 12.1 Å². The first kappa shape index (κ1) is 42.8. The quantitative estimate of drug-likeness (QED) is 0.0803. The molecule has 1 aliphatic heterocycles. The molecule has 3 aromatic rings. The molecule has 0 aliphatic carbocycles. The molecule has 4 amide bonds. The number of hydrogen-bond acceptors (Lipinski definition) is 8. The van der Waals surface area contributed by atoms with Crippen LogP contribution < -0.4 is 20.1 Å². The third-order valence-corrected chi connectivity index (χ3v) is 7.90. The number of anilines is 1. The van der Waals surface area contributed by atoms with Gasteiger partial charge in [-0.25, -0.2) is 9.18 Å². The molecule has 276 valence electrons. The van der Waals surface area contributed by atoms with Gasteiger partial charge in [-0.3, -0.25) is 19.2 Å². The molecule has 4 rings (SSSR count). The SMILES string of the molecule is CCNC(=O)OC(C)(C)C.CSOc1ccc2c(c1)CN(C(=O)CCC(=O)c1ccccc1)CC2.O=CNCC(=O)Nc1ccc(Cl)c(Cl)c1F. The number of benzene rings is 3. The normalized spacial score (nSPS) is 11.6. The molecule has 0 saturated heterocycles. The van der Waals surface area contributed by atoms with Crippen molar-refractivity contribution < 1.29 is 37.3 Å². The van der Waals surface area contributed by atoms with E-state index in [0.29, 0.717) is 31.6 Å². The molecular formula is C36H43Cl2FN4O7S. The summed E-state index contributed by atoms with van der Waals surface area (Å²) in [6.07, 6.45) is 3.23. The van der Waals surface area contributed by atoms with Crippen molar-refractivity contribution in [3.8, 4) is 5.75 Å². The van der Waals surface area contributed by atoms with Gasteiger partial charge in [-0.1, -0.05) is 59.6 Å². The van der Waals surface area contributed by atoms with E-state index < -0.39 is 11.7 Å². The Morgan fingerprint density at radius 1 is 1.00 bits per heavy atom. The minimum atomic E-state index is -0.811. The van der Waals surface area contributed by atoms with Gasteiger partial charge in [0.1, 0.15) is 11.4 Å². The molecule has 0 atom stereocenters. The van der Waals surface area contributed by atoms with Crippen LogP contribution in [0.2, 0.25) is 10.0 Å². The summed E-state index contributed by atoms with van der Waals surface area (Å²) in [6, 6.07) is 17.8. The molecule has 1 heterocycles. The number of ketones is 1. The van der Waals surface area contributed by atoms with Crippen molar-refractivity contribution in [1.82, 2.24) is 15.5 Å². The van der Waals surface area contributed by atoms with Crippen LogP contribution in [0, 0.1) is 5.82 Å². The van der Waals surface area contributed by atoms with Gasteiger partial charge in [-0.2, -0.15) is 0 Å². The Bertz CT molecular complexity index is 1640. The highest BCUT2D eigenvalue weighted by Crippen LogP contribution is 2.30. The number of Topliss-reactive ketones (excluding diaryl/α,β-unsaturated/α-hetero) is 1. The average molecular weight is 766 g/mol. The monoisotopic (exact) mass is 764 g/mol. The van der Waals surface area contributed by atoms with E-state index in [2.05, 4.69) is 22.0 Å². The third kappa shape index (κ3) is 15.6. The molecule has 1 aliphatic rings. The van der Waals surface area contributed by atoms with Gasteiger partial charge in [0, 0.05) is 44.3 Å². The van der Waals surface area contributed by atoms with Gasteiger partial charge >= 0.3 is 6.09 Å². The van der Waals surface area contributed by atoms with Gasteiger partial charge in [0.2, 0.25) is 18.2 Å². The highest BCUT2D eigenvalue weighted by atomic mass is 35.5. The number of nitrogens with zero attached hydrogens (tertiary/aromatic N) is 1. The number of hydrogen-bond donors (Lipinski definition) is 3. The van der Waals surface area contributed by atoms with Gasteiger partial charge < -0.3 is 29.8 Å². The Labute approximate surface area is 312 Å². The fraction of sp³-hybridized carbons (Fsp3) is 0.361. The molecule has 0 saturated carbocycles. The van der Waals surface area contributed by atoms with Gasteiger partial charge in [-0.15, -0.1) is 0 Å². The number of amides is 4. The van der Waals surface area contributed by atoms with Crippen LogP contribution in [0.5, 0.6) is 5.75 Å². The first-order valence-electron chi connectivity index (χ1n) is 15.9. The van der Waals surface area contributed by atoms with E-state index in [4.69, 9.17) is 32.1 Å². The first-order valence-corrected chi connectivity index (χ1v) is 17.8. The maximum Gasteiger partial charge on any atom is 0.407 e. The summed E-state index contributed by atoms with van der Waals surface area (Å²) in [5.41, 5.74) is 2.57. The molecule has 0 aromatic heterocycles. The highest BCUT2D eigenvalue weighted by Gasteiger charge is 2.22. The number of carbonyl (C=O) groups is 5. The Morgan fingerprint density at radius 3 is 2.33 bits per heavy atom. The van der Waals surface area contributed by atoms with Gasteiger partial charge in [-0.05, 0) is 69.5 Å². The Kier molecular flexibility index (Phi) is 18.3. The van der Waals surface area contributed by atoms with Gasteiger partial charge in [0.15, 0.2) is 11.6 Å². The van der Waals surface area contributed by atoms with E-state index in [1.165, 1.54) is 29.7 Å². The molecular weight excluding hydrogens is 722 g/mol. The molecule has 0 bridgehead atoms. The van der Waals surface area contributed by atoms with Crippen LogP contribution in [0.3, 0.4) is 0 Å². The number of halogens is 3. The van der Waals surface area contributed by atoms with Crippen molar-refractivity contribution in [3.05, 3.63) is 93.2 Å². The molecule has 11 nitrogen and oxygen atoms in total. The van der Waals surface area contributed by atoms with Gasteiger partial charge in [0.05, 0.1) is 34.3 Å². The van der Waals surface area contributed by atoms with E-state index in [9.17, 15) is 28.4 Å². The molecule has 0 fully saturated rings. The molecule has 15 heteroatoms. The lowest BCUT2D eigenvalue weighted by atomic mass is 9.99. The minimum Gasteiger partial charge on any atom is -0.444 e. The maximum atomic E-state index is 13.4. The minimum absolute atomic E-state index is 0.0158. The second-order valence-corrected chi connectivity index (χ2v) is 13.1. The predicted molar refractivity (Wildman–Crippen MR) is 199 cm³/mol. The lowest BCUT2D eigenvalue weighted by Gasteiger charge is -2.29. The van der Waals surface area contributed by atoms with Gasteiger partial charge in [0.25, 0.3) is 0 Å². The van der Waals surface area contributed by atoms with Crippen molar-refractivity contribution in [2.45, 2.75) is 59.1 Å². The first-order chi connectivity index (χ1) is 24.2. The molecule has 3 aromatic carbocycles. The van der Waals surface area contributed by atoms with Crippen LogP contribution in [-0.2, 0) is 32.1 Å². The van der Waals surface area contributed by atoms with E-state index in [0.717, 1.165) is 17.7 Å². The molecule has 3 N–H and O–H groups in total. The van der Waals surface area contributed by atoms with Crippen LogP contribution in [0.15, 0.2) is 60.7 Å². The fourth-order valence-electron chi connectivity index (χ4n) is 4.45. The van der Waals surface area contributed by atoms with E-state index >= 15 is 0 Å². The van der Waals surface area contributed by atoms with Crippen molar-refractivity contribution in [3.63, 3.8) is 0 Å². The molecule has 0 radical (unpaired) electrons. The molecule has 0 unspecified atom stereocenters.